The molecule has 1 rings (SSSR count). The van der Waals surface area contributed by atoms with E-state index >= 15 is 0 Å². The Hall–Kier alpha value is -1.17. The van der Waals surface area contributed by atoms with Crippen molar-refractivity contribution in [1.82, 2.24) is 15.3 Å². The summed E-state index contributed by atoms with van der Waals surface area (Å²) in [6.45, 7) is 7.27. The van der Waals surface area contributed by atoms with Gasteiger partial charge >= 0.3 is 6.09 Å². The summed E-state index contributed by atoms with van der Waals surface area (Å²) in [5.41, 5.74) is 0.175. The Kier molecular flexibility index (Phi) is 4.45. The summed E-state index contributed by atoms with van der Waals surface area (Å²) in [5.74, 6) is 0. The van der Waals surface area contributed by atoms with Crippen LogP contribution in [0.2, 0.25) is 0 Å². The second-order valence-electron chi connectivity index (χ2n) is 4.63. The lowest BCUT2D eigenvalue weighted by Crippen LogP contribution is -2.34. The summed E-state index contributed by atoms with van der Waals surface area (Å²) in [6.07, 6.45) is 2.73. The van der Waals surface area contributed by atoms with Gasteiger partial charge in [0.15, 0.2) is 0 Å². The van der Waals surface area contributed by atoms with Crippen LogP contribution in [0.1, 0.15) is 39.4 Å². The lowest BCUT2D eigenvalue weighted by molar-refractivity contribution is 0.0507. The van der Waals surface area contributed by atoms with Gasteiger partial charge < -0.3 is 10.1 Å². The average molecular weight is 302 g/mol. The molecular weight excluding hydrogens is 286 g/mol. The van der Waals surface area contributed by atoms with E-state index in [1.807, 2.05) is 27.7 Å². The van der Waals surface area contributed by atoms with Crippen molar-refractivity contribution < 1.29 is 9.53 Å². The molecule has 1 N–H and O–H groups in total. The molecule has 0 bridgehead atoms. The number of nitrogens with zero attached hydrogens (tertiary/aromatic N) is 2. The molecule has 1 atom stereocenters. The van der Waals surface area contributed by atoms with E-state index in [0.717, 1.165) is 0 Å². The molecule has 0 aliphatic carbocycles. The molecule has 1 heterocycles. The minimum atomic E-state index is -0.505. The van der Waals surface area contributed by atoms with E-state index in [9.17, 15) is 4.79 Å². The quantitative estimate of drug-likeness (QED) is 0.912. The topological polar surface area (TPSA) is 64.1 Å². The van der Waals surface area contributed by atoms with Gasteiger partial charge in [-0.1, -0.05) is 0 Å². The van der Waals surface area contributed by atoms with Crippen LogP contribution in [0.25, 0.3) is 0 Å². The van der Waals surface area contributed by atoms with Crippen LogP contribution in [0.3, 0.4) is 0 Å². The lowest BCUT2D eigenvalue weighted by Gasteiger charge is -2.21. The van der Waals surface area contributed by atoms with Crippen molar-refractivity contribution in [3.8, 4) is 0 Å². The van der Waals surface area contributed by atoms with Crippen LogP contribution >= 0.6 is 15.9 Å². The largest absolute Gasteiger partial charge is 0.444 e. The SMILES string of the molecule is CC(NC(=O)OC(C)(C)C)c1cnc(Br)cn1. The van der Waals surface area contributed by atoms with Gasteiger partial charge in [0.25, 0.3) is 0 Å². The van der Waals surface area contributed by atoms with E-state index in [4.69, 9.17) is 4.74 Å². The molecule has 0 saturated heterocycles. The number of rotatable bonds is 2. The van der Waals surface area contributed by atoms with E-state index < -0.39 is 11.7 Å². The van der Waals surface area contributed by atoms with Crippen LogP contribution in [0.15, 0.2) is 17.0 Å². The smallest absolute Gasteiger partial charge is 0.408 e. The third-order valence-corrected chi connectivity index (χ3v) is 2.23. The lowest BCUT2D eigenvalue weighted by atomic mass is 10.2. The molecule has 0 spiro atoms. The number of halogens is 1. The number of nitrogens with one attached hydrogen (secondary N) is 1. The zero-order valence-corrected chi connectivity index (χ0v) is 11.9. The monoisotopic (exact) mass is 301 g/mol. The molecule has 0 radical (unpaired) electrons. The molecule has 0 fully saturated rings. The van der Waals surface area contributed by atoms with E-state index in [1.54, 1.807) is 12.4 Å². The van der Waals surface area contributed by atoms with Gasteiger partial charge in [0, 0.05) is 0 Å². The van der Waals surface area contributed by atoms with Crippen molar-refractivity contribution in [2.45, 2.75) is 39.3 Å². The van der Waals surface area contributed by atoms with Crippen molar-refractivity contribution in [1.29, 1.82) is 0 Å². The Bertz CT molecular complexity index is 387. The van der Waals surface area contributed by atoms with Gasteiger partial charge in [-0.05, 0) is 43.6 Å². The molecule has 6 heteroatoms. The van der Waals surface area contributed by atoms with Crippen LogP contribution in [-0.4, -0.2) is 21.7 Å². The Morgan fingerprint density at radius 3 is 2.53 bits per heavy atom. The van der Waals surface area contributed by atoms with E-state index in [2.05, 4.69) is 31.2 Å². The first-order valence-corrected chi connectivity index (χ1v) is 6.04. The van der Waals surface area contributed by atoms with Crippen molar-refractivity contribution in [2.24, 2.45) is 0 Å². The summed E-state index contributed by atoms with van der Waals surface area (Å²) in [7, 11) is 0. The second kappa shape index (κ2) is 5.44. The maximum atomic E-state index is 11.5. The summed E-state index contributed by atoms with van der Waals surface area (Å²) in [5, 5.41) is 2.69. The summed E-state index contributed by atoms with van der Waals surface area (Å²) >= 11 is 3.20. The van der Waals surface area contributed by atoms with Gasteiger partial charge in [0.1, 0.15) is 10.2 Å². The maximum Gasteiger partial charge on any atom is 0.408 e. The van der Waals surface area contributed by atoms with Gasteiger partial charge in [0.05, 0.1) is 24.1 Å². The normalized spacial score (nSPS) is 13.0. The highest BCUT2D eigenvalue weighted by Crippen LogP contribution is 2.12. The van der Waals surface area contributed by atoms with Gasteiger partial charge in [-0.2, -0.15) is 0 Å². The van der Waals surface area contributed by atoms with Gasteiger partial charge in [-0.3, -0.25) is 4.98 Å². The van der Waals surface area contributed by atoms with Crippen LogP contribution in [0, 0.1) is 0 Å². The molecule has 1 unspecified atom stereocenters. The van der Waals surface area contributed by atoms with Crippen LogP contribution in [-0.2, 0) is 4.74 Å². The van der Waals surface area contributed by atoms with Crippen molar-refractivity contribution >= 4 is 22.0 Å². The zero-order valence-electron chi connectivity index (χ0n) is 10.3. The van der Waals surface area contributed by atoms with Crippen molar-refractivity contribution in [3.63, 3.8) is 0 Å². The summed E-state index contributed by atoms with van der Waals surface area (Å²) < 4.78 is 5.80. The predicted octanol–water partition coefficient (Wildman–Crippen LogP) is 2.82. The first-order valence-electron chi connectivity index (χ1n) is 5.25. The minimum absolute atomic E-state index is 0.245. The number of carbonyl (C=O) groups excluding carboxylic acids is 1. The fraction of sp³-hybridized carbons (Fsp3) is 0.545. The Balaban J connectivity index is 2.57. The van der Waals surface area contributed by atoms with Crippen molar-refractivity contribution in [2.75, 3.05) is 0 Å². The predicted molar refractivity (Wildman–Crippen MR) is 67.5 cm³/mol. The number of hydrogen-bond donors (Lipinski definition) is 1. The number of ether oxygens (including phenoxy) is 1. The fourth-order valence-corrected chi connectivity index (χ4v) is 1.31. The Morgan fingerprint density at radius 1 is 1.41 bits per heavy atom. The van der Waals surface area contributed by atoms with E-state index in [0.29, 0.717) is 10.3 Å². The van der Waals surface area contributed by atoms with Gasteiger partial charge in [0.2, 0.25) is 0 Å². The number of alkyl carbamates (subject to hydrolysis) is 1. The van der Waals surface area contributed by atoms with Gasteiger partial charge in [-0.25, -0.2) is 9.78 Å². The first kappa shape index (κ1) is 13.9. The van der Waals surface area contributed by atoms with Crippen LogP contribution < -0.4 is 5.32 Å². The van der Waals surface area contributed by atoms with Crippen LogP contribution in [0.4, 0.5) is 4.79 Å². The summed E-state index contributed by atoms with van der Waals surface area (Å²) in [4.78, 5) is 19.7. The molecule has 1 amide bonds. The zero-order chi connectivity index (χ0) is 13.1. The Labute approximate surface area is 109 Å². The summed E-state index contributed by atoms with van der Waals surface area (Å²) in [6, 6.07) is -0.245. The third kappa shape index (κ3) is 5.12. The van der Waals surface area contributed by atoms with E-state index in [1.165, 1.54) is 0 Å². The molecule has 94 valence electrons. The first-order chi connectivity index (χ1) is 7.78. The standard InChI is InChI=1S/C11H16BrN3O2/c1-7(8-5-14-9(12)6-13-8)15-10(16)17-11(2,3)4/h5-7H,1-4H3,(H,15,16). The average Bonchev–Trinajstić information content (AvgIpc) is 2.15. The molecule has 0 aliphatic heterocycles. The number of hydrogen-bond acceptors (Lipinski definition) is 4. The second-order valence-corrected chi connectivity index (χ2v) is 5.44. The van der Waals surface area contributed by atoms with E-state index in [-0.39, 0.29) is 6.04 Å². The molecule has 17 heavy (non-hydrogen) atoms. The maximum absolute atomic E-state index is 11.5. The highest BCUT2D eigenvalue weighted by atomic mass is 79.9. The fourth-order valence-electron chi connectivity index (χ4n) is 1.10. The molecule has 1 aromatic heterocycles. The molecular formula is C11H16BrN3O2. The number of amides is 1. The molecule has 0 aliphatic rings. The van der Waals surface area contributed by atoms with Crippen molar-refractivity contribution in [3.05, 3.63) is 22.7 Å². The highest BCUT2D eigenvalue weighted by Gasteiger charge is 2.18. The number of carbonyl (C=O) groups is 1. The molecule has 0 saturated carbocycles. The molecule has 0 aromatic carbocycles. The molecule has 1 aromatic rings. The van der Waals surface area contributed by atoms with Crippen LogP contribution in [0.5, 0.6) is 0 Å². The van der Waals surface area contributed by atoms with Gasteiger partial charge in [-0.15, -0.1) is 0 Å². The Morgan fingerprint density at radius 2 is 2.06 bits per heavy atom. The third-order valence-electron chi connectivity index (χ3n) is 1.82. The number of aromatic nitrogens is 2. The minimum Gasteiger partial charge on any atom is -0.444 e. The highest BCUT2D eigenvalue weighted by molar-refractivity contribution is 9.10. The molecule has 5 nitrogen and oxygen atoms in total.